The highest BCUT2D eigenvalue weighted by molar-refractivity contribution is 6.31. The van der Waals surface area contributed by atoms with E-state index in [-0.39, 0.29) is 6.04 Å². The van der Waals surface area contributed by atoms with Crippen LogP contribution in [0, 0.1) is 0 Å². The highest BCUT2D eigenvalue weighted by Gasteiger charge is 2.13. The van der Waals surface area contributed by atoms with Gasteiger partial charge in [-0.25, -0.2) is 9.97 Å². The van der Waals surface area contributed by atoms with E-state index in [1.807, 2.05) is 12.1 Å². The van der Waals surface area contributed by atoms with Crippen molar-refractivity contribution in [2.45, 2.75) is 12.5 Å². The Morgan fingerprint density at radius 1 is 1.29 bits per heavy atom. The molecule has 6 heteroatoms. The predicted octanol–water partition coefficient (Wildman–Crippen LogP) is 1.27. The SMILES string of the molecule is NNC(Cc1ccncc1Cl)c1ccncn1. The molecule has 2 rings (SSSR count). The van der Waals surface area contributed by atoms with Gasteiger partial charge in [0.2, 0.25) is 0 Å². The van der Waals surface area contributed by atoms with Crippen molar-refractivity contribution in [1.29, 1.82) is 0 Å². The average Bonchev–Trinajstić information content (AvgIpc) is 2.39. The van der Waals surface area contributed by atoms with Crippen LogP contribution in [0.25, 0.3) is 0 Å². The van der Waals surface area contributed by atoms with Crippen LogP contribution in [-0.2, 0) is 6.42 Å². The number of nitrogens with two attached hydrogens (primary N) is 1. The topological polar surface area (TPSA) is 76.7 Å². The van der Waals surface area contributed by atoms with E-state index in [9.17, 15) is 0 Å². The lowest BCUT2D eigenvalue weighted by molar-refractivity contribution is 0.537. The van der Waals surface area contributed by atoms with E-state index in [1.165, 1.54) is 6.33 Å². The van der Waals surface area contributed by atoms with Crippen molar-refractivity contribution < 1.29 is 0 Å². The van der Waals surface area contributed by atoms with Gasteiger partial charge in [-0.3, -0.25) is 16.3 Å². The number of hydrogen-bond donors (Lipinski definition) is 2. The second-order valence-electron chi connectivity index (χ2n) is 3.52. The van der Waals surface area contributed by atoms with Crippen LogP contribution >= 0.6 is 11.6 Å². The molecule has 0 amide bonds. The molecular formula is C11H12ClN5. The molecule has 2 aromatic rings. The minimum absolute atomic E-state index is 0.0992. The Bertz CT molecular complexity index is 476. The predicted molar refractivity (Wildman–Crippen MR) is 65.0 cm³/mol. The minimum atomic E-state index is -0.0992. The van der Waals surface area contributed by atoms with Crippen LogP contribution in [0.5, 0.6) is 0 Å². The summed E-state index contributed by atoms with van der Waals surface area (Å²) in [7, 11) is 0. The lowest BCUT2D eigenvalue weighted by Gasteiger charge is -2.15. The Morgan fingerprint density at radius 3 is 2.76 bits per heavy atom. The third-order valence-corrected chi connectivity index (χ3v) is 2.78. The molecule has 2 aromatic heterocycles. The zero-order chi connectivity index (χ0) is 12.1. The summed E-state index contributed by atoms with van der Waals surface area (Å²) in [6, 6.07) is 3.59. The maximum absolute atomic E-state index is 6.05. The van der Waals surface area contributed by atoms with Crippen molar-refractivity contribution >= 4 is 11.6 Å². The molecule has 0 spiro atoms. The first kappa shape index (κ1) is 11.9. The van der Waals surface area contributed by atoms with Crippen LogP contribution in [-0.4, -0.2) is 15.0 Å². The molecule has 1 atom stereocenters. The molecule has 0 fully saturated rings. The van der Waals surface area contributed by atoms with E-state index in [2.05, 4.69) is 20.4 Å². The van der Waals surface area contributed by atoms with E-state index in [0.29, 0.717) is 11.4 Å². The average molecular weight is 250 g/mol. The van der Waals surface area contributed by atoms with E-state index in [1.54, 1.807) is 18.6 Å². The van der Waals surface area contributed by atoms with Crippen LogP contribution in [0.2, 0.25) is 5.02 Å². The summed E-state index contributed by atoms with van der Waals surface area (Å²) in [4.78, 5) is 12.0. The number of nitrogens with one attached hydrogen (secondary N) is 1. The molecule has 17 heavy (non-hydrogen) atoms. The molecule has 0 bridgehead atoms. The highest BCUT2D eigenvalue weighted by Crippen LogP contribution is 2.20. The highest BCUT2D eigenvalue weighted by atomic mass is 35.5. The zero-order valence-electron chi connectivity index (χ0n) is 9.05. The van der Waals surface area contributed by atoms with Gasteiger partial charge in [0.05, 0.1) is 16.8 Å². The molecule has 88 valence electrons. The first-order chi connectivity index (χ1) is 8.31. The third-order valence-electron chi connectivity index (χ3n) is 2.44. The van der Waals surface area contributed by atoms with Crippen molar-refractivity contribution in [2.24, 2.45) is 5.84 Å². The number of halogens is 1. The van der Waals surface area contributed by atoms with Crippen molar-refractivity contribution in [3.05, 3.63) is 53.3 Å². The minimum Gasteiger partial charge on any atom is -0.271 e. The van der Waals surface area contributed by atoms with E-state index < -0.39 is 0 Å². The standard InChI is InChI=1S/C11H12ClN5/c12-9-6-14-3-1-8(9)5-11(17-13)10-2-4-15-7-16-10/h1-4,6-7,11,17H,5,13H2. The van der Waals surface area contributed by atoms with Crippen molar-refractivity contribution in [1.82, 2.24) is 20.4 Å². The van der Waals surface area contributed by atoms with Gasteiger partial charge in [0.15, 0.2) is 0 Å². The summed E-state index contributed by atoms with van der Waals surface area (Å²) in [5.74, 6) is 5.53. The molecule has 0 aromatic carbocycles. The third kappa shape index (κ3) is 2.97. The van der Waals surface area contributed by atoms with Gasteiger partial charge in [0.25, 0.3) is 0 Å². The maximum atomic E-state index is 6.05. The zero-order valence-corrected chi connectivity index (χ0v) is 9.80. The van der Waals surface area contributed by atoms with Gasteiger partial charge >= 0.3 is 0 Å². The largest absolute Gasteiger partial charge is 0.271 e. The summed E-state index contributed by atoms with van der Waals surface area (Å²) in [5, 5.41) is 0.627. The first-order valence-corrected chi connectivity index (χ1v) is 5.49. The van der Waals surface area contributed by atoms with Crippen LogP contribution in [0.4, 0.5) is 0 Å². The smallest absolute Gasteiger partial charge is 0.115 e. The van der Waals surface area contributed by atoms with E-state index in [4.69, 9.17) is 17.4 Å². The summed E-state index contributed by atoms with van der Waals surface area (Å²) in [6.07, 6.45) is 7.14. The lowest BCUT2D eigenvalue weighted by Crippen LogP contribution is -2.30. The fraction of sp³-hybridized carbons (Fsp3) is 0.182. The number of nitrogens with zero attached hydrogens (tertiary/aromatic N) is 3. The molecule has 5 nitrogen and oxygen atoms in total. The quantitative estimate of drug-likeness (QED) is 0.630. The Kier molecular flexibility index (Phi) is 3.98. The molecule has 3 N–H and O–H groups in total. The summed E-state index contributed by atoms with van der Waals surface area (Å²) < 4.78 is 0. The van der Waals surface area contributed by atoms with Gasteiger partial charge in [-0.15, -0.1) is 0 Å². The lowest BCUT2D eigenvalue weighted by atomic mass is 10.0. The molecule has 0 aliphatic carbocycles. The van der Waals surface area contributed by atoms with Gasteiger partial charge in [0, 0.05) is 18.6 Å². The summed E-state index contributed by atoms with van der Waals surface area (Å²) >= 11 is 6.05. The van der Waals surface area contributed by atoms with Crippen molar-refractivity contribution in [3.8, 4) is 0 Å². The monoisotopic (exact) mass is 249 g/mol. The number of aromatic nitrogens is 3. The normalized spacial score (nSPS) is 12.4. The molecule has 0 aliphatic heterocycles. The van der Waals surface area contributed by atoms with Crippen LogP contribution in [0.1, 0.15) is 17.3 Å². The van der Waals surface area contributed by atoms with Crippen LogP contribution in [0.15, 0.2) is 37.1 Å². The fourth-order valence-corrected chi connectivity index (χ4v) is 1.74. The van der Waals surface area contributed by atoms with Gasteiger partial charge in [0.1, 0.15) is 6.33 Å². The summed E-state index contributed by atoms with van der Waals surface area (Å²) in [6.45, 7) is 0. The number of rotatable bonds is 4. The first-order valence-electron chi connectivity index (χ1n) is 5.11. The molecule has 0 saturated carbocycles. The fourth-order valence-electron chi connectivity index (χ4n) is 1.55. The van der Waals surface area contributed by atoms with Gasteiger partial charge < -0.3 is 0 Å². The summed E-state index contributed by atoms with van der Waals surface area (Å²) in [5.41, 5.74) is 4.53. The molecule has 0 aliphatic rings. The van der Waals surface area contributed by atoms with Gasteiger partial charge in [-0.05, 0) is 24.1 Å². The van der Waals surface area contributed by atoms with Crippen LogP contribution in [0.3, 0.4) is 0 Å². The molecular weight excluding hydrogens is 238 g/mol. The number of pyridine rings is 1. The second kappa shape index (κ2) is 5.67. The molecule has 1 unspecified atom stereocenters. The van der Waals surface area contributed by atoms with Gasteiger partial charge in [-0.2, -0.15) is 0 Å². The van der Waals surface area contributed by atoms with E-state index >= 15 is 0 Å². The number of hydrogen-bond acceptors (Lipinski definition) is 5. The Labute approximate surface area is 104 Å². The molecule has 0 saturated heterocycles. The molecule has 0 radical (unpaired) electrons. The number of hydrazine groups is 1. The Hall–Kier alpha value is -1.56. The Morgan fingerprint density at radius 2 is 2.12 bits per heavy atom. The van der Waals surface area contributed by atoms with Crippen molar-refractivity contribution in [2.75, 3.05) is 0 Å². The molecule has 2 heterocycles. The van der Waals surface area contributed by atoms with E-state index in [0.717, 1.165) is 11.3 Å². The maximum Gasteiger partial charge on any atom is 0.115 e. The second-order valence-corrected chi connectivity index (χ2v) is 3.93. The van der Waals surface area contributed by atoms with Crippen LogP contribution < -0.4 is 11.3 Å². The van der Waals surface area contributed by atoms with Gasteiger partial charge in [-0.1, -0.05) is 11.6 Å². The van der Waals surface area contributed by atoms with Crippen molar-refractivity contribution in [3.63, 3.8) is 0 Å². The Balaban J connectivity index is 2.19.